The zero-order chi connectivity index (χ0) is 12.0. The quantitative estimate of drug-likeness (QED) is 0.739. The number of rotatable bonds is 1. The van der Waals surface area contributed by atoms with Crippen molar-refractivity contribution in [3.05, 3.63) is 18.2 Å². The maximum Gasteiger partial charge on any atom is 0.232 e. The van der Waals surface area contributed by atoms with E-state index in [0.717, 1.165) is 30.2 Å². The van der Waals surface area contributed by atoms with Crippen LogP contribution in [0, 0.1) is 0 Å². The molecule has 3 rings (SSSR count). The van der Waals surface area contributed by atoms with Crippen LogP contribution in [0.15, 0.2) is 18.2 Å². The average molecular weight is 254 g/mol. The van der Waals surface area contributed by atoms with Gasteiger partial charge in [-0.1, -0.05) is 6.07 Å². The van der Waals surface area contributed by atoms with Gasteiger partial charge in [0, 0.05) is 6.54 Å². The van der Waals surface area contributed by atoms with E-state index >= 15 is 0 Å². The molecule has 0 radical (unpaired) electrons. The lowest BCUT2D eigenvalue weighted by Gasteiger charge is -2.40. The van der Waals surface area contributed by atoms with Crippen molar-refractivity contribution >= 4 is 21.4 Å². The molecular formula is C11H14N2O3S. The van der Waals surface area contributed by atoms with Gasteiger partial charge in [0.1, 0.15) is 18.0 Å². The van der Waals surface area contributed by atoms with Gasteiger partial charge in [-0.25, -0.2) is 8.42 Å². The summed E-state index contributed by atoms with van der Waals surface area (Å²) in [5.41, 5.74) is 1.64. The SMILES string of the molecule is CS(=O)(=O)N1CCN2CCOc3cccc1c32. The van der Waals surface area contributed by atoms with E-state index < -0.39 is 10.0 Å². The van der Waals surface area contributed by atoms with E-state index in [-0.39, 0.29) is 0 Å². The van der Waals surface area contributed by atoms with Gasteiger partial charge in [0.15, 0.2) is 0 Å². The largest absolute Gasteiger partial charge is 0.489 e. The number of benzene rings is 1. The van der Waals surface area contributed by atoms with Gasteiger partial charge in [-0.15, -0.1) is 0 Å². The number of anilines is 2. The first-order valence-electron chi connectivity index (χ1n) is 5.56. The van der Waals surface area contributed by atoms with Crippen molar-refractivity contribution < 1.29 is 13.2 Å². The third kappa shape index (κ3) is 1.63. The number of hydrogen-bond donors (Lipinski definition) is 0. The molecule has 1 aromatic rings. The van der Waals surface area contributed by atoms with Crippen molar-refractivity contribution in [3.8, 4) is 5.75 Å². The first-order valence-corrected chi connectivity index (χ1v) is 7.41. The lowest BCUT2D eigenvalue weighted by atomic mass is 10.1. The minimum absolute atomic E-state index is 0.509. The molecule has 2 heterocycles. The van der Waals surface area contributed by atoms with Gasteiger partial charge >= 0.3 is 0 Å². The highest BCUT2D eigenvalue weighted by Gasteiger charge is 2.32. The van der Waals surface area contributed by atoms with Gasteiger partial charge in [-0.3, -0.25) is 4.31 Å². The fourth-order valence-corrected chi connectivity index (χ4v) is 3.34. The van der Waals surface area contributed by atoms with E-state index in [0.29, 0.717) is 13.2 Å². The minimum atomic E-state index is -3.21. The summed E-state index contributed by atoms with van der Waals surface area (Å²) in [5.74, 6) is 0.780. The molecule has 2 aliphatic heterocycles. The predicted octanol–water partition coefficient (Wildman–Crippen LogP) is 0.665. The topological polar surface area (TPSA) is 49.9 Å². The zero-order valence-corrected chi connectivity index (χ0v) is 10.4. The number of ether oxygens (including phenoxy) is 1. The van der Waals surface area contributed by atoms with Crippen molar-refractivity contribution in [2.75, 3.05) is 41.7 Å². The van der Waals surface area contributed by atoms with Crippen LogP contribution < -0.4 is 13.9 Å². The molecule has 0 aliphatic carbocycles. The van der Waals surface area contributed by atoms with E-state index in [4.69, 9.17) is 4.74 Å². The second-order valence-electron chi connectivity index (χ2n) is 4.29. The molecule has 0 fully saturated rings. The molecule has 2 aliphatic rings. The molecule has 0 saturated carbocycles. The third-order valence-electron chi connectivity index (χ3n) is 3.15. The summed E-state index contributed by atoms with van der Waals surface area (Å²) in [6.45, 7) is 2.71. The lowest BCUT2D eigenvalue weighted by molar-refractivity contribution is 0.307. The molecule has 0 N–H and O–H groups in total. The van der Waals surface area contributed by atoms with E-state index in [1.54, 1.807) is 0 Å². The summed E-state index contributed by atoms with van der Waals surface area (Å²) in [7, 11) is -3.21. The second kappa shape index (κ2) is 3.53. The van der Waals surface area contributed by atoms with E-state index in [1.807, 2.05) is 18.2 Å². The van der Waals surface area contributed by atoms with E-state index in [2.05, 4.69) is 4.90 Å². The maximum atomic E-state index is 11.7. The van der Waals surface area contributed by atoms with Crippen LogP contribution in [-0.2, 0) is 10.0 Å². The molecule has 17 heavy (non-hydrogen) atoms. The standard InChI is InChI=1S/C11H14N2O3S/c1-17(14,15)13-6-5-12-7-8-16-10-4-2-3-9(13)11(10)12/h2-4H,5-8H2,1H3. The molecule has 0 atom stereocenters. The predicted molar refractivity (Wildman–Crippen MR) is 66.3 cm³/mol. The molecule has 0 aromatic heterocycles. The van der Waals surface area contributed by atoms with Crippen molar-refractivity contribution in [1.29, 1.82) is 0 Å². The Morgan fingerprint density at radius 3 is 2.82 bits per heavy atom. The summed E-state index contributed by atoms with van der Waals surface area (Å²) in [6, 6.07) is 5.55. The monoisotopic (exact) mass is 254 g/mol. The van der Waals surface area contributed by atoms with Crippen LogP contribution in [-0.4, -0.2) is 40.9 Å². The van der Waals surface area contributed by atoms with Crippen LogP contribution in [0.3, 0.4) is 0 Å². The third-order valence-corrected chi connectivity index (χ3v) is 4.33. The van der Waals surface area contributed by atoms with Crippen molar-refractivity contribution in [1.82, 2.24) is 0 Å². The van der Waals surface area contributed by atoms with Crippen LogP contribution in [0.5, 0.6) is 5.75 Å². The Morgan fingerprint density at radius 2 is 2.06 bits per heavy atom. The number of nitrogens with zero attached hydrogens (tertiary/aromatic N) is 2. The highest BCUT2D eigenvalue weighted by Crippen LogP contribution is 2.43. The van der Waals surface area contributed by atoms with Crippen molar-refractivity contribution in [3.63, 3.8) is 0 Å². The molecular weight excluding hydrogens is 240 g/mol. The highest BCUT2D eigenvalue weighted by molar-refractivity contribution is 7.92. The average Bonchev–Trinajstić information content (AvgIpc) is 2.28. The normalized spacial score (nSPS) is 18.6. The number of sulfonamides is 1. The summed E-state index contributed by atoms with van der Waals surface area (Å²) in [5, 5.41) is 0. The summed E-state index contributed by atoms with van der Waals surface area (Å²) in [6.07, 6.45) is 1.24. The lowest BCUT2D eigenvalue weighted by Crippen LogP contribution is -2.46. The molecule has 0 unspecified atom stereocenters. The molecule has 0 spiro atoms. The summed E-state index contributed by atoms with van der Waals surface area (Å²) in [4.78, 5) is 2.19. The number of para-hydroxylation sites is 1. The van der Waals surface area contributed by atoms with Crippen LogP contribution in [0.25, 0.3) is 0 Å². The molecule has 5 nitrogen and oxygen atoms in total. The van der Waals surface area contributed by atoms with Gasteiger partial charge in [-0.2, -0.15) is 0 Å². The zero-order valence-electron chi connectivity index (χ0n) is 9.59. The Labute approximate surface area is 101 Å². The highest BCUT2D eigenvalue weighted by atomic mass is 32.2. The van der Waals surface area contributed by atoms with Crippen LogP contribution >= 0.6 is 0 Å². The summed E-state index contributed by atoms with van der Waals surface area (Å²) < 4.78 is 30.5. The Balaban J connectivity index is 2.19. The molecule has 1 aromatic carbocycles. The van der Waals surface area contributed by atoms with Crippen LogP contribution in [0.4, 0.5) is 11.4 Å². The first kappa shape index (κ1) is 10.7. The minimum Gasteiger partial charge on any atom is -0.489 e. The molecule has 92 valence electrons. The Morgan fingerprint density at radius 1 is 1.24 bits per heavy atom. The number of hydrogen-bond acceptors (Lipinski definition) is 4. The molecule has 0 bridgehead atoms. The van der Waals surface area contributed by atoms with Gasteiger partial charge in [-0.05, 0) is 12.1 Å². The van der Waals surface area contributed by atoms with Crippen LogP contribution in [0.2, 0.25) is 0 Å². The first-order chi connectivity index (χ1) is 8.07. The van der Waals surface area contributed by atoms with Crippen LogP contribution in [0.1, 0.15) is 0 Å². The van der Waals surface area contributed by atoms with E-state index in [9.17, 15) is 8.42 Å². The van der Waals surface area contributed by atoms with Crippen molar-refractivity contribution in [2.45, 2.75) is 0 Å². The Bertz CT molecular complexity index is 556. The smallest absolute Gasteiger partial charge is 0.232 e. The molecule has 6 heteroatoms. The van der Waals surface area contributed by atoms with Gasteiger partial charge in [0.25, 0.3) is 0 Å². The Kier molecular flexibility index (Phi) is 2.22. The summed E-state index contributed by atoms with van der Waals surface area (Å²) >= 11 is 0. The Hall–Kier alpha value is -1.43. The van der Waals surface area contributed by atoms with Gasteiger partial charge < -0.3 is 9.64 Å². The fraction of sp³-hybridized carbons (Fsp3) is 0.455. The maximum absolute atomic E-state index is 11.7. The second-order valence-corrected chi connectivity index (χ2v) is 6.20. The van der Waals surface area contributed by atoms with Gasteiger partial charge in [0.05, 0.1) is 25.0 Å². The molecule has 0 saturated heterocycles. The van der Waals surface area contributed by atoms with Gasteiger partial charge in [0.2, 0.25) is 10.0 Å². The molecule has 0 amide bonds. The van der Waals surface area contributed by atoms with Crippen molar-refractivity contribution in [2.24, 2.45) is 0 Å². The van der Waals surface area contributed by atoms with E-state index in [1.165, 1.54) is 10.6 Å². The fourth-order valence-electron chi connectivity index (χ4n) is 2.42.